The molecule has 0 atom stereocenters. The van der Waals surface area contributed by atoms with Crippen molar-refractivity contribution in [3.63, 3.8) is 0 Å². The van der Waals surface area contributed by atoms with E-state index < -0.39 is 0 Å². The molecule has 0 aliphatic heterocycles. The molecule has 6 aromatic rings. The Morgan fingerprint density at radius 3 is 2.57 bits per heavy atom. The normalized spacial score (nSPS) is 11.1. The summed E-state index contributed by atoms with van der Waals surface area (Å²) in [5.41, 5.74) is 6.06. The molecule has 6 rings (SSSR count). The van der Waals surface area contributed by atoms with Crippen LogP contribution in [0.15, 0.2) is 97.5 Å². The van der Waals surface area contributed by atoms with Gasteiger partial charge in [0.1, 0.15) is 5.82 Å². The average molecular weight is 505 g/mol. The van der Waals surface area contributed by atoms with E-state index in [2.05, 4.69) is 25.5 Å². The minimum Gasteiger partial charge on any atom is -0.352 e. The van der Waals surface area contributed by atoms with Crippen molar-refractivity contribution in [3.05, 3.63) is 114 Å². The third-order valence-electron chi connectivity index (χ3n) is 6.13. The highest BCUT2D eigenvalue weighted by atomic mass is 35.5. The van der Waals surface area contributed by atoms with Crippen molar-refractivity contribution in [1.29, 1.82) is 0 Å². The number of hydrogen-bond donors (Lipinski definition) is 3. The van der Waals surface area contributed by atoms with Crippen molar-refractivity contribution in [2.75, 3.05) is 5.32 Å². The van der Waals surface area contributed by atoms with Crippen LogP contribution >= 0.6 is 11.6 Å². The minimum atomic E-state index is -0.0212. The van der Waals surface area contributed by atoms with Crippen LogP contribution < -0.4 is 5.32 Å². The smallest absolute Gasteiger partial charge is 0.183 e. The minimum absolute atomic E-state index is 0.0212. The Labute approximate surface area is 217 Å². The van der Waals surface area contributed by atoms with E-state index in [0.717, 1.165) is 38.8 Å². The van der Waals surface area contributed by atoms with Crippen LogP contribution in [0.5, 0.6) is 0 Å². The fourth-order valence-corrected chi connectivity index (χ4v) is 4.40. The summed E-state index contributed by atoms with van der Waals surface area (Å²) in [5, 5.41) is 11.7. The van der Waals surface area contributed by atoms with Gasteiger partial charge in [0, 0.05) is 51.6 Å². The SMILES string of the molecule is O=C(Cc1ccccc1Cl)c1cc2ccc(-c3nccc(Nc4ccc(-c5cn[nH]c5)cc4)n3)cc2[nH]1. The van der Waals surface area contributed by atoms with Crippen LogP contribution in [-0.4, -0.2) is 30.9 Å². The van der Waals surface area contributed by atoms with Crippen LogP contribution in [0, 0.1) is 0 Å². The lowest BCUT2D eigenvalue weighted by Gasteiger charge is -2.08. The Bertz CT molecular complexity index is 1710. The predicted molar refractivity (Wildman–Crippen MR) is 146 cm³/mol. The third kappa shape index (κ3) is 4.85. The maximum absolute atomic E-state index is 12.9. The second kappa shape index (κ2) is 9.72. The Hall–Kier alpha value is -4.75. The maximum Gasteiger partial charge on any atom is 0.183 e. The standard InChI is InChI=1S/C29H21ClN6O/c30-24-4-2-1-3-19(24)15-27(37)26-13-20-5-6-21(14-25(20)35-26)29-31-12-11-28(36-29)34-23-9-7-18(8-10-23)22-16-32-33-17-22/h1-14,16-17,35H,15H2,(H,32,33)(H,31,34,36). The van der Waals surface area contributed by atoms with Gasteiger partial charge in [0.15, 0.2) is 11.6 Å². The zero-order valence-corrected chi connectivity index (χ0v) is 20.3. The lowest BCUT2D eigenvalue weighted by molar-refractivity contribution is 0.0989. The third-order valence-corrected chi connectivity index (χ3v) is 6.50. The highest BCUT2D eigenvalue weighted by Crippen LogP contribution is 2.26. The molecule has 180 valence electrons. The van der Waals surface area contributed by atoms with Crippen LogP contribution in [0.1, 0.15) is 16.1 Å². The first-order valence-corrected chi connectivity index (χ1v) is 12.1. The number of anilines is 2. The number of nitrogens with zero attached hydrogens (tertiary/aromatic N) is 3. The quantitative estimate of drug-likeness (QED) is 0.207. The van der Waals surface area contributed by atoms with E-state index in [0.29, 0.717) is 22.4 Å². The molecule has 3 N–H and O–H groups in total. The number of carbonyl (C=O) groups excluding carboxylic acids is 1. The highest BCUT2D eigenvalue weighted by molar-refractivity contribution is 6.31. The largest absolute Gasteiger partial charge is 0.352 e. The van der Waals surface area contributed by atoms with E-state index >= 15 is 0 Å². The molecule has 37 heavy (non-hydrogen) atoms. The van der Waals surface area contributed by atoms with Crippen LogP contribution in [0.25, 0.3) is 33.4 Å². The number of hydrogen-bond acceptors (Lipinski definition) is 5. The molecule has 0 saturated heterocycles. The van der Waals surface area contributed by atoms with Crippen LogP contribution in [0.3, 0.4) is 0 Å². The first-order chi connectivity index (χ1) is 18.1. The molecule has 0 aliphatic rings. The number of carbonyl (C=O) groups is 1. The van der Waals surface area contributed by atoms with Gasteiger partial charge in [-0.3, -0.25) is 9.89 Å². The zero-order valence-electron chi connectivity index (χ0n) is 19.6. The zero-order chi connectivity index (χ0) is 25.2. The summed E-state index contributed by atoms with van der Waals surface area (Å²) in [6.45, 7) is 0. The number of aromatic amines is 2. The van der Waals surface area contributed by atoms with Crippen LogP contribution in [-0.2, 0) is 6.42 Å². The molecule has 7 nitrogen and oxygen atoms in total. The molecular formula is C29H21ClN6O. The fourth-order valence-electron chi connectivity index (χ4n) is 4.20. The number of ketones is 1. The summed E-state index contributed by atoms with van der Waals surface area (Å²) in [4.78, 5) is 25.3. The molecule has 0 saturated carbocycles. The van der Waals surface area contributed by atoms with E-state index in [1.165, 1.54) is 0 Å². The van der Waals surface area contributed by atoms with Crippen molar-refractivity contribution in [1.82, 2.24) is 25.1 Å². The Balaban J connectivity index is 1.21. The summed E-state index contributed by atoms with van der Waals surface area (Å²) >= 11 is 6.23. The maximum atomic E-state index is 12.9. The molecule has 3 aromatic heterocycles. The van der Waals surface area contributed by atoms with E-state index in [9.17, 15) is 4.79 Å². The summed E-state index contributed by atoms with van der Waals surface area (Å²) in [6, 6.07) is 25.0. The molecular weight excluding hydrogens is 484 g/mol. The van der Waals surface area contributed by atoms with Gasteiger partial charge in [0.05, 0.1) is 11.9 Å². The molecule has 0 radical (unpaired) electrons. The number of fused-ring (bicyclic) bond motifs is 1. The van der Waals surface area contributed by atoms with Gasteiger partial charge in [0.2, 0.25) is 0 Å². The number of rotatable bonds is 7. The molecule has 0 bridgehead atoms. The Kier molecular flexibility index (Phi) is 5.96. The lowest BCUT2D eigenvalue weighted by atomic mass is 10.1. The van der Waals surface area contributed by atoms with Gasteiger partial charge in [-0.1, -0.05) is 54.1 Å². The van der Waals surface area contributed by atoms with Crippen molar-refractivity contribution in [2.45, 2.75) is 6.42 Å². The number of aromatic nitrogens is 5. The number of H-pyrrole nitrogens is 2. The van der Waals surface area contributed by atoms with Gasteiger partial charge < -0.3 is 10.3 Å². The Morgan fingerprint density at radius 1 is 0.919 bits per heavy atom. The Morgan fingerprint density at radius 2 is 1.76 bits per heavy atom. The van der Waals surface area contributed by atoms with E-state index in [4.69, 9.17) is 16.6 Å². The molecule has 0 amide bonds. The average Bonchev–Trinajstić information content (AvgIpc) is 3.61. The van der Waals surface area contributed by atoms with Crippen molar-refractivity contribution in [3.8, 4) is 22.5 Å². The van der Waals surface area contributed by atoms with Gasteiger partial charge >= 0.3 is 0 Å². The van der Waals surface area contributed by atoms with Crippen molar-refractivity contribution < 1.29 is 4.79 Å². The number of Topliss-reactive ketones (excluding diaryl/α,β-unsaturated/α-hetero) is 1. The summed E-state index contributed by atoms with van der Waals surface area (Å²) < 4.78 is 0. The second-order valence-corrected chi connectivity index (χ2v) is 9.04. The molecule has 3 aromatic carbocycles. The van der Waals surface area contributed by atoms with E-state index in [-0.39, 0.29) is 12.2 Å². The number of halogens is 1. The fraction of sp³-hybridized carbons (Fsp3) is 0.0345. The first-order valence-electron chi connectivity index (χ1n) is 11.7. The molecule has 0 unspecified atom stereocenters. The lowest BCUT2D eigenvalue weighted by Crippen LogP contribution is -2.04. The topological polar surface area (TPSA) is 99.3 Å². The monoisotopic (exact) mass is 504 g/mol. The number of nitrogens with one attached hydrogen (secondary N) is 3. The van der Waals surface area contributed by atoms with Gasteiger partial charge in [-0.2, -0.15) is 5.10 Å². The van der Waals surface area contributed by atoms with Gasteiger partial charge in [-0.05, 0) is 47.5 Å². The predicted octanol–water partition coefficient (Wildman–Crippen LogP) is 6.84. The summed E-state index contributed by atoms with van der Waals surface area (Å²) in [7, 11) is 0. The summed E-state index contributed by atoms with van der Waals surface area (Å²) in [6.07, 6.45) is 5.61. The number of benzene rings is 3. The van der Waals surface area contributed by atoms with Crippen molar-refractivity contribution >= 4 is 39.8 Å². The first kappa shape index (κ1) is 22.7. The van der Waals surface area contributed by atoms with Crippen molar-refractivity contribution in [2.24, 2.45) is 0 Å². The van der Waals surface area contributed by atoms with Gasteiger partial charge in [0.25, 0.3) is 0 Å². The second-order valence-electron chi connectivity index (χ2n) is 8.63. The molecule has 8 heteroatoms. The van der Waals surface area contributed by atoms with E-state index in [1.807, 2.05) is 79.0 Å². The van der Waals surface area contributed by atoms with E-state index in [1.54, 1.807) is 18.5 Å². The molecule has 0 spiro atoms. The van der Waals surface area contributed by atoms with Crippen LogP contribution in [0.2, 0.25) is 5.02 Å². The van der Waals surface area contributed by atoms with Gasteiger partial charge in [-0.25, -0.2) is 9.97 Å². The van der Waals surface area contributed by atoms with Crippen LogP contribution in [0.4, 0.5) is 11.5 Å². The molecule has 0 fully saturated rings. The van der Waals surface area contributed by atoms with Gasteiger partial charge in [-0.15, -0.1) is 0 Å². The molecule has 3 heterocycles. The summed E-state index contributed by atoms with van der Waals surface area (Å²) in [5.74, 6) is 1.25. The highest BCUT2D eigenvalue weighted by Gasteiger charge is 2.13. The molecule has 0 aliphatic carbocycles.